The third kappa shape index (κ3) is 1.35. The Hall–Kier alpha value is -0.870. The van der Waals surface area contributed by atoms with E-state index < -0.39 is 0 Å². The van der Waals surface area contributed by atoms with Crippen molar-refractivity contribution in [3.05, 3.63) is 18.2 Å². The summed E-state index contributed by atoms with van der Waals surface area (Å²) in [5.41, 5.74) is 1.13. The van der Waals surface area contributed by atoms with Crippen molar-refractivity contribution in [2.24, 2.45) is 0 Å². The van der Waals surface area contributed by atoms with E-state index in [1.807, 2.05) is 6.20 Å². The molecule has 2 heterocycles. The van der Waals surface area contributed by atoms with Crippen LogP contribution in [-0.2, 0) is 0 Å². The van der Waals surface area contributed by atoms with E-state index in [0.717, 1.165) is 25.3 Å². The number of nitrogens with one attached hydrogen (secondary N) is 2. The average Bonchev–Trinajstić information content (AvgIpc) is 2.57. The maximum atomic E-state index is 4.25. The maximum absolute atomic E-state index is 4.25. The number of aromatic nitrogens is 2. The van der Waals surface area contributed by atoms with Crippen LogP contribution in [-0.4, -0.2) is 41.5 Å². The summed E-state index contributed by atoms with van der Waals surface area (Å²) >= 11 is 0. The molecule has 12 heavy (non-hydrogen) atoms. The predicted octanol–water partition coefficient (Wildman–Crippen LogP) is -0.0142. The van der Waals surface area contributed by atoms with Gasteiger partial charge in [0.1, 0.15) is 0 Å². The molecule has 66 valence electrons. The zero-order valence-corrected chi connectivity index (χ0v) is 7.25. The van der Waals surface area contributed by atoms with Crippen LogP contribution in [0.2, 0.25) is 0 Å². The number of nitrogens with zero attached hydrogens (tertiary/aromatic N) is 2. The predicted molar refractivity (Wildman–Crippen MR) is 46.8 cm³/mol. The minimum Gasteiger partial charge on any atom is -0.351 e. The maximum Gasteiger partial charge on any atom is 0.0923 e. The second kappa shape index (κ2) is 3.25. The second-order valence-corrected chi connectivity index (χ2v) is 3.19. The van der Waals surface area contributed by atoms with Crippen LogP contribution in [0.4, 0.5) is 0 Å². The minimum absolute atomic E-state index is 0.435. The Labute approximate surface area is 72.0 Å². The number of rotatable bonds is 1. The average molecular weight is 166 g/mol. The number of imidazole rings is 1. The Morgan fingerprint density at radius 3 is 3.25 bits per heavy atom. The molecule has 4 heteroatoms. The number of H-pyrrole nitrogens is 1. The van der Waals surface area contributed by atoms with Crippen LogP contribution in [0.1, 0.15) is 11.7 Å². The molecule has 1 unspecified atom stereocenters. The summed E-state index contributed by atoms with van der Waals surface area (Å²) in [4.78, 5) is 9.56. The first-order chi connectivity index (χ1) is 5.88. The molecule has 0 aliphatic carbocycles. The van der Waals surface area contributed by atoms with Crippen LogP contribution in [0.25, 0.3) is 0 Å². The summed E-state index contributed by atoms with van der Waals surface area (Å²) in [5.74, 6) is 0. The van der Waals surface area contributed by atoms with E-state index in [9.17, 15) is 0 Å². The van der Waals surface area contributed by atoms with Crippen LogP contribution in [0.3, 0.4) is 0 Å². The third-order valence-corrected chi connectivity index (χ3v) is 2.37. The summed E-state index contributed by atoms with van der Waals surface area (Å²) in [5, 5.41) is 3.36. The van der Waals surface area contributed by atoms with Crippen molar-refractivity contribution in [1.82, 2.24) is 20.2 Å². The topological polar surface area (TPSA) is 44.0 Å². The fraction of sp³-hybridized carbons (Fsp3) is 0.625. The monoisotopic (exact) mass is 166 g/mol. The third-order valence-electron chi connectivity index (χ3n) is 2.37. The van der Waals surface area contributed by atoms with Gasteiger partial charge in [-0.3, -0.25) is 4.90 Å². The lowest BCUT2D eigenvalue weighted by Gasteiger charge is -2.31. The summed E-state index contributed by atoms with van der Waals surface area (Å²) < 4.78 is 0. The van der Waals surface area contributed by atoms with Crippen molar-refractivity contribution >= 4 is 0 Å². The van der Waals surface area contributed by atoms with Gasteiger partial charge < -0.3 is 10.3 Å². The van der Waals surface area contributed by atoms with Gasteiger partial charge >= 0.3 is 0 Å². The smallest absolute Gasteiger partial charge is 0.0923 e. The Morgan fingerprint density at radius 1 is 1.67 bits per heavy atom. The standard InChI is InChI=1S/C8H14N4/c1-12-3-2-9-5-8(12)7-4-10-6-11-7/h4,6,8-9H,2-3,5H2,1H3,(H,10,11). The van der Waals surface area contributed by atoms with Crippen molar-refractivity contribution in [2.45, 2.75) is 6.04 Å². The summed E-state index contributed by atoms with van der Waals surface area (Å²) in [6.07, 6.45) is 3.70. The van der Waals surface area contributed by atoms with Crippen molar-refractivity contribution in [1.29, 1.82) is 0 Å². The van der Waals surface area contributed by atoms with Crippen LogP contribution < -0.4 is 5.32 Å². The fourth-order valence-corrected chi connectivity index (χ4v) is 1.59. The van der Waals surface area contributed by atoms with Gasteiger partial charge in [-0.15, -0.1) is 0 Å². The molecule has 0 amide bonds. The first-order valence-electron chi connectivity index (χ1n) is 4.27. The van der Waals surface area contributed by atoms with Gasteiger partial charge in [-0.1, -0.05) is 0 Å². The molecular weight excluding hydrogens is 152 g/mol. The van der Waals surface area contributed by atoms with Crippen LogP contribution >= 0.6 is 0 Å². The molecule has 1 saturated heterocycles. The highest BCUT2D eigenvalue weighted by atomic mass is 15.2. The van der Waals surface area contributed by atoms with E-state index in [0.29, 0.717) is 6.04 Å². The zero-order valence-electron chi connectivity index (χ0n) is 7.25. The van der Waals surface area contributed by atoms with E-state index >= 15 is 0 Å². The molecule has 1 aliphatic rings. The van der Waals surface area contributed by atoms with E-state index in [1.165, 1.54) is 0 Å². The molecule has 2 N–H and O–H groups in total. The largest absolute Gasteiger partial charge is 0.351 e. The molecular formula is C8H14N4. The molecule has 1 atom stereocenters. The molecule has 0 spiro atoms. The molecule has 0 saturated carbocycles. The van der Waals surface area contributed by atoms with Gasteiger partial charge in [-0.05, 0) is 7.05 Å². The Morgan fingerprint density at radius 2 is 2.58 bits per heavy atom. The molecule has 0 radical (unpaired) electrons. The molecule has 2 rings (SSSR count). The summed E-state index contributed by atoms with van der Waals surface area (Å²) in [6, 6.07) is 0.435. The summed E-state index contributed by atoms with van der Waals surface area (Å²) in [7, 11) is 2.14. The van der Waals surface area contributed by atoms with E-state index in [4.69, 9.17) is 0 Å². The lowest BCUT2D eigenvalue weighted by Crippen LogP contribution is -2.43. The van der Waals surface area contributed by atoms with E-state index in [2.05, 4.69) is 27.2 Å². The second-order valence-electron chi connectivity index (χ2n) is 3.19. The SMILES string of the molecule is CN1CCNCC1c1c[nH]cn1. The first-order valence-corrected chi connectivity index (χ1v) is 4.27. The highest BCUT2D eigenvalue weighted by Gasteiger charge is 2.21. The number of piperazine rings is 1. The van der Waals surface area contributed by atoms with Gasteiger partial charge in [0, 0.05) is 25.8 Å². The lowest BCUT2D eigenvalue weighted by atomic mass is 10.1. The highest BCUT2D eigenvalue weighted by molar-refractivity contribution is 5.04. The molecule has 0 bridgehead atoms. The quantitative estimate of drug-likeness (QED) is 0.616. The molecule has 0 aromatic carbocycles. The molecule has 4 nitrogen and oxygen atoms in total. The Balaban J connectivity index is 2.11. The highest BCUT2D eigenvalue weighted by Crippen LogP contribution is 2.16. The normalized spacial score (nSPS) is 25.9. The van der Waals surface area contributed by atoms with Crippen molar-refractivity contribution in [3.63, 3.8) is 0 Å². The number of aromatic amines is 1. The van der Waals surface area contributed by atoms with Crippen molar-refractivity contribution in [3.8, 4) is 0 Å². The lowest BCUT2D eigenvalue weighted by molar-refractivity contribution is 0.199. The Kier molecular flexibility index (Phi) is 2.10. The van der Waals surface area contributed by atoms with E-state index in [1.54, 1.807) is 6.33 Å². The van der Waals surface area contributed by atoms with Gasteiger partial charge in [0.25, 0.3) is 0 Å². The number of likely N-dealkylation sites (N-methyl/N-ethyl adjacent to an activating group) is 1. The molecule has 1 aliphatic heterocycles. The van der Waals surface area contributed by atoms with Crippen LogP contribution in [0.15, 0.2) is 12.5 Å². The molecule has 1 fully saturated rings. The Bertz CT molecular complexity index is 231. The van der Waals surface area contributed by atoms with Crippen LogP contribution in [0, 0.1) is 0 Å². The van der Waals surface area contributed by atoms with Gasteiger partial charge in [0.2, 0.25) is 0 Å². The first kappa shape index (κ1) is 7.76. The fourth-order valence-electron chi connectivity index (χ4n) is 1.59. The van der Waals surface area contributed by atoms with Crippen molar-refractivity contribution in [2.75, 3.05) is 26.7 Å². The van der Waals surface area contributed by atoms with Crippen LogP contribution in [0.5, 0.6) is 0 Å². The minimum atomic E-state index is 0.435. The van der Waals surface area contributed by atoms with Crippen molar-refractivity contribution < 1.29 is 0 Å². The van der Waals surface area contributed by atoms with Gasteiger partial charge in [-0.25, -0.2) is 4.98 Å². The van der Waals surface area contributed by atoms with Gasteiger partial charge in [0.15, 0.2) is 0 Å². The number of hydrogen-bond donors (Lipinski definition) is 2. The van der Waals surface area contributed by atoms with Gasteiger partial charge in [-0.2, -0.15) is 0 Å². The molecule has 1 aromatic heterocycles. The zero-order chi connectivity index (χ0) is 8.39. The number of hydrogen-bond acceptors (Lipinski definition) is 3. The molecule has 1 aromatic rings. The summed E-state index contributed by atoms with van der Waals surface area (Å²) in [6.45, 7) is 3.18. The van der Waals surface area contributed by atoms with E-state index in [-0.39, 0.29) is 0 Å². The van der Waals surface area contributed by atoms with Gasteiger partial charge in [0.05, 0.1) is 18.1 Å².